The third kappa shape index (κ3) is 7.29. The van der Waals surface area contributed by atoms with Crippen LogP contribution in [0.15, 0.2) is 60.7 Å². The van der Waals surface area contributed by atoms with Gasteiger partial charge in [0.2, 0.25) is 5.91 Å². The minimum Gasteiger partial charge on any atom is -0.489 e. The van der Waals surface area contributed by atoms with Crippen molar-refractivity contribution in [3.8, 4) is 17.2 Å². The van der Waals surface area contributed by atoms with E-state index >= 15 is 0 Å². The van der Waals surface area contributed by atoms with Crippen LogP contribution in [-0.2, 0) is 9.53 Å². The minimum atomic E-state index is -0.453. The quantitative estimate of drug-likeness (QED) is 0.314. The first-order valence-corrected chi connectivity index (χ1v) is 11.1. The molecule has 33 heavy (non-hydrogen) atoms. The van der Waals surface area contributed by atoms with Crippen molar-refractivity contribution in [2.24, 2.45) is 0 Å². The fourth-order valence-electron chi connectivity index (χ4n) is 2.77. The summed E-state index contributed by atoms with van der Waals surface area (Å²) in [6.07, 6.45) is 0.0529. The third-order valence-corrected chi connectivity index (χ3v) is 5.03. The summed E-state index contributed by atoms with van der Waals surface area (Å²) in [6.45, 7) is 2.06. The Labute approximate surface area is 206 Å². The average molecular weight is 509 g/mol. The van der Waals surface area contributed by atoms with E-state index in [9.17, 15) is 9.59 Å². The van der Waals surface area contributed by atoms with Crippen molar-refractivity contribution in [2.75, 3.05) is 18.5 Å². The van der Waals surface area contributed by atoms with E-state index in [4.69, 9.17) is 49.0 Å². The van der Waals surface area contributed by atoms with Crippen LogP contribution < -0.4 is 14.8 Å². The second kappa shape index (κ2) is 11.8. The standard InChI is InChI=1S/C24H20Cl3NO5/c1-2-31-24(30)15-4-3-5-18(12-15)28-23(29)10-11-32-22-14-17(26)7-9-21(22)33-20-8-6-16(25)13-19(20)27/h3-9,12-14H,2,10-11H2,1H3,(H,28,29). The van der Waals surface area contributed by atoms with Gasteiger partial charge in [-0.05, 0) is 55.5 Å². The summed E-state index contributed by atoms with van der Waals surface area (Å²) in [5.74, 6) is 0.386. The molecule has 0 saturated heterocycles. The normalized spacial score (nSPS) is 10.4. The largest absolute Gasteiger partial charge is 0.489 e. The molecule has 0 aliphatic heterocycles. The van der Waals surface area contributed by atoms with Crippen LogP contribution in [0.3, 0.4) is 0 Å². The van der Waals surface area contributed by atoms with Crippen molar-refractivity contribution in [3.63, 3.8) is 0 Å². The molecule has 3 rings (SSSR count). The SMILES string of the molecule is CCOC(=O)c1cccc(NC(=O)CCOc2cc(Cl)ccc2Oc2ccc(Cl)cc2Cl)c1. The molecule has 9 heteroatoms. The second-order valence-corrected chi connectivity index (χ2v) is 8.00. The number of hydrogen-bond acceptors (Lipinski definition) is 5. The fourth-order valence-corrected chi connectivity index (χ4v) is 3.38. The topological polar surface area (TPSA) is 73.9 Å². The number of amides is 1. The zero-order chi connectivity index (χ0) is 23.8. The van der Waals surface area contributed by atoms with Crippen LogP contribution in [0.5, 0.6) is 17.2 Å². The van der Waals surface area contributed by atoms with E-state index in [2.05, 4.69) is 5.32 Å². The van der Waals surface area contributed by atoms with E-state index in [-0.39, 0.29) is 25.5 Å². The number of esters is 1. The first-order chi connectivity index (χ1) is 15.9. The van der Waals surface area contributed by atoms with Gasteiger partial charge in [-0.3, -0.25) is 4.79 Å². The Balaban J connectivity index is 1.60. The number of halogens is 3. The lowest BCUT2D eigenvalue weighted by Gasteiger charge is -2.14. The molecule has 0 spiro atoms. The van der Waals surface area contributed by atoms with E-state index in [0.29, 0.717) is 43.6 Å². The van der Waals surface area contributed by atoms with Gasteiger partial charge in [-0.2, -0.15) is 0 Å². The van der Waals surface area contributed by atoms with Gasteiger partial charge in [0.25, 0.3) is 0 Å². The number of benzene rings is 3. The lowest BCUT2D eigenvalue weighted by molar-refractivity contribution is -0.116. The van der Waals surface area contributed by atoms with Gasteiger partial charge >= 0.3 is 5.97 Å². The Morgan fingerprint density at radius 2 is 1.61 bits per heavy atom. The number of hydrogen-bond donors (Lipinski definition) is 1. The van der Waals surface area contributed by atoms with Gasteiger partial charge in [-0.25, -0.2) is 4.79 Å². The molecule has 0 aliphatic carbocycles. The highest BCUT2D eigenvalue weighted by Gasteiger charge is 2.12. The Hall–Kier alpha value is -2.93. The molecule has 0 unspecified atom stereocenters. The van der Waals surface area contributed by atoms with Crippen molar-refractivity contribution in [1.29, 1.82) is 0 Å². The van der Waals surface area contributed by atoms with E-state index < -0.39 is 5.97 Å². The highest BCUT2D eigenvalue weighted by molar-refractivity contribution is 6.35. The maximum absolute atomic E-state index is 12.3. The van der Waals surface area contributed by atoms with Crippen molar-refractivity contribution in [1.82, 2.24) is 0 Å². The Morgan fingerprint density at radius 3 is 2.33 bits per heavy atom. The molecule has 172 valence electrons. The maximum Gasteiger partial charge on any atom is 0.338 e. The van der Waals surface area contributed by atoms with Crippen LogP contribution >= 0.6 is 34.8 Å². The molecule has 0 aliphatic rings. The van der Waals surface area contributed by atoms with Gasteiger partial charge in [0, 0.05) is 21.8 Å². The van der Waals surface area contributed by atoms with Crippen molar-refractivity contribution in [3.05, 3.63) is 81.3 Å². The van der Waals surface area contributed by atoms with Crippen LogP contribution in [0.2, 0.25) is 15.1 Å². The Kier molecular flexibility index (Phi) is 8.83. The number of carbonyl (C=O) groups is 2. The molecule has 0 bridgehead atoms. The average Bonchev–Trinajstić information content (AvgIpc) is 2.77. The first-order valence-electron chi connectivity index (χ1n) is 9.98. The molecule has 0 aromatic heterocycles. The van der Waals surface area contributed by atoms with Crippen molar-refractivity contribution in [2.45, 2.75) is 13.3 Å². The van der Waals surface area contributed by atoms with Crippen LogP contribution in [0, 0.1) is 0 Å². The number of ether oxygens (including phenoxy) is 3. The summed E-state index contributed by atoms with van der Waals surface area (Å²) in [5, 5.41) is 4.00. The molecule has 1 amide bonds. The van der Waals surface area contributed by atoms with E-state index in [1.807, 2.05) is 0 Å². The van der Waals surface area contributed by atoms with E-state index in [1.54, 1.807) is 67.6 Å². The second-order valence-electron chi connectivity index (χ2n) is 6.72. The summed E-state index contributed by atoms with van der Waals surface area (Å²) < 4.78 is 16.6. The molecular formula is C24H20Cl3NO5. The van der Waals surface area contributed by atoms with Gasteiger partial charge in [0.05, 0.1) is 30.2 Å². The summed E-state index contributed by atoms with van der Waals surface area (Å²) in [5.41, 5.74) is 0.835. The van der Waals surface area contributed by atoms with Gasteiger partial charge in [0.15, 0.2) is 11.5 Å². The van der Waals surface area contributed by atoms with Gasteiger partial charge in [-0.15, -0.1) is 0 Å². The van der Waals surface area contributed by atoms with Crippen LogP contribution in [0.25, 0.3) is 0 Å². The molecule has 0 radical (unpaired) electrons. The molecule has 6 nitrogen and oxygen atoms in total. The molecular weight excluding hydrogens is 489 g/mol. The molecule has 1 N–H and O–H groups in total. The minimum absolute atomic E-state index is 0.0529. The number of anilines is 1. The number of nitrogens with one attached hydrogen (secondary N) is 1. The van der Waals surface area contributed by atoms with Gasteiger partial charge < -0.3 is 19.5 Å². The first kappa shape index (κ1) is 24.7. The van der Waals surface area contributed by atoms with Crippen molar-refractivity contribution < 1.29 is 23.8 Å². The lowest BCUT2D eigenvalue weighted by Crippen LogP contribution is -2.16. The molecule has 0 fully saturated rings. The van der Waals surface area contributed by atoms with E-state index in [1.165, 1.54) is 0 Å². The molecule has 0 heterocycles. The molecule has 3 aromatic carbocycles. The van der Waals surface area contributed by atoms with Crippen LogP contribution in [-0.4, -0.2) is 25.1 Å². The predicted molar refractivity (Wildman–Crippen MR) is 129 cm³/mol. The molecule has 0 saturated carbocycles. The van der Waals surface area contributed by atoms with Crippen LogP contribution in [0.1, 0.15) is 23.7 Å². The van der Waals surface area contributed by atoms with Gasteiger partial charge in [0.1, 0.15) is 5.75 Å². The summed E-state index contributed by atoms with van der Waals surface area (Å²) in [4.78, 5) is 24.2. The maximum atomic E-state index is 12.3. The fraction of sp³-hybridized carbons (Fsp3) is 0.167. The zero-order valence-corrected chi connectivity index (χ0v) is 19.8. The Bertz CT molecular complexity index is 1150. The highest BCUT2D eigenvalue weighted by Crippen LogP contribution is 2.37. The third-order valence-electron chi connectivity index (χ3n) is 4.26. The van der Waals surface area contributed by atoms with Crippen molar-refractivity contribution >= 4 is 52.4 Å². The van der Waals surface area contributed by atoms with Crippen LogP contribution in [0.4, 0.5) is 5.69 Å². The number of rotatable bonds is 9. The predicted octanol–water partition coefficient (Wildman–Crippen LogP) is 7.02. The highest BCUT2D eigenvalue weighted by atomic mass is 35.5. The lowest BCUT2D eigenvalue weighted by atomic mass is 10.2. The summed E-state index contributed by atoms with van der Waals surface area (Å²) in [6, 6.07) is 16.2. The summed E-state index contributed by atoms with van der Waals surface area (Å²) in [7, 11) is 0. The molecule has 0 atom stereocenters. The molecule has 3 aromatic rings. The smallest absolute Gasteiger partial charge is 0.338 e. The summed E-state index contributed by atoms with van der Waals surface area (Å²) >= 11 is 18.2. The van der Waals surface area contributed by atoms with Gasteiger partial charge in [-0.1, -0.05) is 40.9 Å². The number of carbonyl (C=O) groups excluding carboxylic acids is 2. The zero-order valence-electron chi connectivity index (χ0n) is 17.6. The van der Waals surface area contributed by atoms with E-state index in [0.717, 1.165) is 0 Å². The Morgan fingerprint density at radius 1 is 0.879 bits per heavy atom. The monoisotopic (exact) mass is 507 g/mol.